The van der Waals surface area contributed by atoms with Gasteiger partial charge in [-0.3, -0.25) is 9.59 Å². The number of aliphatic hydroxyl groups is 2. The van der Waals surface area contributed by atoms with Crippen molar-refractivity contribution in [1.82, 2.24) is 0 Å². The maximum absolute atomic E-state index is 14.5. The maximum Gasteiger partial charge on any atom is 0.338 e. The highest BCUT2D eigenvalue weighted by Gasteiger charge is 2.72. The average Bonchev–Trinajstić information content (AvgIpc) is 2.88. The molecule has 0 spiro atoms. The Morgan fingerprint density at radius 3 is 2.23 bits per heavy atom. The topological polar surface area (TPSA) is 119 Å². The number of carbonyl (C=O) groups excluding carboxylic acids is 3. The highest BCUT2D eigenvalue weighted by atomic mass is 28.4. The molecule has 238 valence electrons. The van der Waals surface area contributed by atoms with Crippen LogP contribution in [0, 0.1) is 22.7 Å². The van der Waals surface area contributed by atoms with E-state index in [0.29, 0.717) is 11.1 Å². The molecule has 8 nitrogen and oxygen atoms in total. The molecule has 9 heteroatoms. The van der Waals surface area contributed by atoms with Gasteiger partial charge in [-0.1, -0.05) is 52.8 Å². The van der Waals surface area contributed by atoms with Gasteiger partial charge in [0.15, 0.2) is 14.1 Å². The molecule has 1 unspecified atom stereocenters. The third-order valence-corrected chi connectivity index (χ3v) is 11.8. The van der Waals surface area contributed by atoms with Crippen molar-refractivity contribution in [2.45, 2.75) is 123 Å². The Hall–Kier alpha value is -2.33. The van der Waals surface area contributed by atoms with Crippen LogP contribution in [0.5, 0.6) is 0 Å². The molecule has 3 aliphatic carbocycles. The van der Waals surface area contributed by atoms with Gasteiger partial charge in [-0.2, -0.15) is 0 Å². The van der Waals surface area contributed by atoms with Crippen molar-refractivity contribution in [3.8, 4) is 0 Å². The van der Waals surface area contributed by atoms with Crippen molar-refractivity contribution in [3.05, 3.63) is 47.0 Å². The van der Waals surface area contributed by atoms with Crippen LogP contribution < -0.4 is 0 Å². The van der Waals surface area contributed by atoms with Gasteiger partial charge >= 0.3 is 11.9 Å². The number of hydrogen-bond donors (Lipinski definition) is 2. The van der Waals surface area contributed by atoms with E-state index in [4.69, 9.17) is 13.9 Å². The van der Waals surface area contributed by atoms with Crippen LogP contribution in [0.4, 0.5) is 0 Å². The van der Waals surface area contributed by atoms with Gasteiger partial charge < -0.3 is 24.1 Å². The summed E-state index contributed by atoms with van der Waals surface area (Å²) >= 11 is 0. The Bertz CT molecular complexity index is 1300. The molecular formula is C34H50O8Si. The second kappa shape index (κ2) is 11.2. The molecule has 2 fully saturated rings. The minimum absolute atomic E-state index is 0.0660. The van der Waals surface area contributed by atoms with E-state index in [-0.39, 0.29) is 37.4 Å². The minimum Gasteiger partial charge on any atom is -0.456 e. The molecule has 0 heterocycles. The first-order chi connectivity index (χ1) is 19.7. The molecule has 4 rings (SSSR count). The van der Waals surface area contributed by atoms with Crippen molar-refractivity contribution in [2.24, 2.45) is 22.7 Å². The summed E-state index contributed by atoms with van der Waals surface area (Å²) in [5.74, 6) is -2.49. The van der Waals surface area contributed by atoms with Gasteiger partial charge in [0.05, 0.1) is 17.8 Å². The molecule has 0 amide bonds. The quantitative estimate of drug-likeness (QED) is 0.313. The van der Waals surface area contributed by atoms with Gasteiger partial charge in [-0.05, 0) is 68.4 Å². The number of ketones is 1. The molecular weight excluding hydrogens is 564 g/mol. The number of esters is 2. The lowest BCUT2D eigenvalue weighted by Crippen LogP contribution is -2.74. The number of benzene rings is 1. The summed E-state index contributed by atoms with van der Waals surface area (Å²) in [6.07, 6.45) is -2.34. The lowest BCUT2D eigenvalue weighted by molar-refractivity contribution is -0.277. The molecule has 1 aromatic carbocycles. The number of ether oxygens (including phenoxy) is 2. The van der Waals surface area contributed by atoms with E-state index in [2.05, 4.69) is 19.6 Å². The summed E-state index contributed by atoms with van der Waals surface area (Å²) in [7, 11) is -2.17. The molecule has 0 aromatic heterocycles. The number of carbonyl (C=O) groups is 3. The molecule has 0 saturated heterocycles. The average molecular weight is 615 g/mol. The number of hydrogen-bond acceptors (Lipinski definition) is 8. The second-order valence-corrected chi connectivity index (χ2v) is 19.3. The summed E-state index contributed by atoms with van der Waals surface area (Å²) in [4.78, 5) is 41.2. The smallest absolute Gasteiger partial charge is 0.338 e. The molecule has 2 saturated carbocycles. The molecule has 3 aliphatic rings. The first-order valence-electron chi connectivity index (χ1n) is 15.5. The van der Waals surface area contributed by atoms with Crippen LogP contribution in [0.3, 0.4) is 0 Å². The van der Waals surface area contributed by atoms with Gasteiger partial charge in [0.25, 0.3) is 0 Å². The van der Waals surface area contributed by atoms with E-state index in [1.807, 2.05) is 41.5 Å². The Kier molecular flexibility index (Phi) is 8.77. The SMILES string of the molecule is CC[C@@]1(OC(C)=O)C2[C@H](OC(=O)c3ccccc3)[C@]3(O)C[C@H](O[Si](C)(C)C)C(C)=C(C(=O)C[C@]2(C)[C@@H](C)C[C@H]1O)C3(C)C. The van der Waals surface area contributed by atoms with Crippen LogP contribution in [0.25, 0.3) is 0 Å². The number of aliphatic hydroxyl groups excluding tert-OH is 1. The third kappa shape index (κ3) is 5.44. The largest absolute Gasteiger partial charge is 0.456 e. The van der Waals surface area contributed by atoms with E-state index >= 15 is 0 Å². The molecule has 2 bridgehead atoms. The first kappa shape index (κ1) is 33.6. The van der Waals surface area contributed by atoms with Crippen LogP contribution in [-0.4, -0.2) is 65.8 Å². The molecule has 8 atom stereocenters. The predicted octanol–water partition coefficient (Wildman–Crippen LogP) is 5.62. The van der Waals surface area contributed by atoms with Crippen LogP contribution in [0.1, 0.15) is 84.5 Å². The second-order valence-electron chi connectivity index (χ2n) is 14.9. The van der Waals surface area contributed by atoms with Crippen LogP contribution >= 0.6 is 0 Å². The van der Waals surface area contributed by atoms with Crippen LogP contribution in [0.2, 0.25) is 19.6 Å². The highest BCUT2D eigenvalue weighted by molar-refractivity contribution is 6.69. The molecule has 0 radical (unpaired) electrons. The first-order valence-corrected chi connectivity index (χ1v) is 18.9. The molecule has 43 heavy (non-hydrogen) atoms. The van der Waals surface area contributed by atoms with Crippen molar-refractivity contribution in [1.29, 1.82) is 0 Å². The Labute approximate surface area is 257 Å². The van der Waals surface area contributed by atoms with Crippen molar-refractivity contribution in [3.63, 3.8) is 0 Å². The van der Waals surface area contributed by atoms with Crippen LogP contribution in [0.15, 0.2) is 41.5 Å². The lowest BCUT2D eigenvalue weighted by Gasteiger charge is -2.65. The van der Waals surface area contributed by atoms with E-state index in [0.717, 1.165) is 5.57 Å². The van der Waals surface area contributed by atoms with E-state index in [9.17, 15) is 24.6 Å². The summed E-state index contributed by atoms with van der Waals surface area (Å²) < 4.78 is 19.2. The van der Waals surface area contributed by atoms with Crippen molar-refractivity contribution >= 4 is 26.0 Å². The maximum atomic E-state index is 14.5. The number of fused-ring (bicyclic) bond motifs is 3. The summed E-state index contributed by atoms with van der Waals surface area (Å²) in [5.41, 5.74) is -3.83. The minimum atomic E-state index is -2.17. The van der Waals surface area contributed by atoms with Gasteiger partial charge in [0.1, 0.15) is 17.3 Å². The Morgan fingerprint density at radius 2 is 1.70 bits per heavy atom. The molecule has 2 N–H and O–H groups in total. The van der Waals surface area contributed by atoms with E-state index in [1.54, 1.807) is 30.3 Å². The molecule has 0 aliphatic heterocycles. The molecule has 1 aromatic rings. The van der Waals surface area contributed by atoms with Gasteiger partial charge in [-0.25, -0.2) is 4.79 Å². The van der Waals surface area contributed by atoms with Crippen molar-refractivity contribution in [2.75, 3.05) is 0 Å². The fourth-order valence-electron chi connectivity index (χ4n) is 8.48. The third-order valence-electron chi connectivity index (χ3n) is 10.8. The van der Waals surface area contributed by atoms with E-state index in [1.165, 1.54) is 6.92 Å². The zero-order valence-electron chi connectivity index (χ0n) is 27.4. The number of rotatable bonds is 6. The Morgan fingerprint density at radius 1 is 1.09 bits per heavy atom. The fourth-order valence-corrected chi connectivity index (χ4v) is 9.59. The van der Waals surface area contributed by atoms with E-state index < -0.39 is 66.5 Å². The Balaban J connectivity index is 2.08. The van der Waals surface area contributed by atoms with Crippen LogP contribution in [-0.2, 0) is 23.5 Å². The standard InChI is InChI=1S/C34H50O8Si/c1-11-33(41-22(4)35)26(37)17-20(2)32(7)18-24(36)27-21(3)25(42-43(8,9)10)19-34(39,31(27,5)6)29(28(32)33)40-30(38)23-15-13-12-14-16-23/h12-16,20,25-26,28-29,37,39H,11,17-19H2,1-10H3/t20-,25-,26+,28?,29-,32+,33-,34+/m0/s1. The fraction of sp³-hybridized carbons (Fsp3) is 0.676. The monoisotopic (exact) mass is 614 g/mol. The van der Waals surface area contributed by atoms with Gasteiger partial charge in [-0.15, -0.1) is 0 Å². The normalized spacial score (nSPS) is 37.6. The predicted molar refractivity (Wildman–Crippen MR) is 166 cm³/mol. The highest BCUT2D eigenvalue weighted by Crippen LogP contribution is 2.64. The van der Waals surface area contributed by atoms with Gasteiger partial charge in [0, 0.05) is 36.7 Å². The summed E-state index contributed by atoms with van der Waals surface area (Å²) in [5, 5.41) is 25.0. The lowest BCUT2D eigenvalue weighted by atomic mass is 9.44. The zero-order valence-corrected chi connectivity index (χ0v) is 28.4. The van der Waals surface area contributed by atoms with Crippen molar-refractivity contribution < 1.29 is 38.5 Å². The number of Topliss-reactive ketones (excluding diaryl/α,β-unsaturated/α-hetero) is 1. The zero-order chi connectivity index (χ0) is 32.3. The summed E-state index contributed by atoms with van der Waals surface area (Å²) in [6, 6.07) is 8.57. The summed E-state index contributed by atoms with van der Waals surface area (Å²) in [6.45, 7) is 18.8. The van der Waals surface area contributed by atoms with Gasteiger partial charge in [0.2, 0.25) is 0 Å².